The lowest BCUT2D eigenvalue weighted by Crippen LogP contribution is -2.32. The summed E-state index contributed by atoms with van der Waals surface area (Å²) in [6.45, 7) is 4.19. The van der Waals surface area contributed by atoms with Crippen molar-refractivity contribution in [2.75, 3.05) is 0 Å². The number of carbonyl (C=O) groups is 2. The molecule has 4 nitrogen and oxygen atoms in total. The van der Waals surface area contributed by atoms with Crippen LogP contribution >= 0.6 is 0 Å². The van der Waals surface area contributed by atoms with E-state index in [4.69, 9.17) is 11.5 Å². The van der Waals surface area contributed by atoms with Gasteiger partial charge in [-0.25, -0.2) is 0 Å². The highest BCUT2D eigenvalue weighted by Gasteiger charge is 2.27. The van der Waals surface area contributed by atoms with Gasteiger partial charge in [-0.05, 0) is 39.5 Å². The molecule has 2 rings (SSSR count). The first kappa shape index (κ1) is 16.2. The highest BCUT2D eigenvalue weighted by Crippen LogP contribution is 2.27. The maximum absolute atomic E-state index is 10.7. The van der Waals surface area contributed by atoms with Gasteiger partial charge in [0, 0.05) is 11.8 Å². The normalized spacial score (nSPS) is 21.5. The molecule has 0 unspecified atom stereocenters. The van der Waals surface area contributed by atoms with E-state index in [2.05, 4.69) is 38.1 Å². The minimum atomic E-state index is -0.252. The fraction of sp³-hybridized carbons (Fsp3) is 0.500. The fourth-order valence-corrected chi connectivity index (χ4v) is 2.30. The van der Waals surface area contributed by atoms with Crippen LogP contribution in [0, 0.1) is 25.7 Å². The first-order valence-electron chi connectivity index (χ1n) is 7.02. The second-order valence-electron chi connectivity index (χ2n) is 5.51. The van der Waals surface area contributed by atoms with Crippen LogP contribution in [0.4, 0.5) is 0 Å². The van der Waals surface area contributed by atoms with E-state index in [1.165, 1.54) is 11.1 Å². The van der Waals surface area contributed by atoms with Crippen molar-refractivity contribution in [2.24, 2.45) is 23.3 Å². The summed E-state index contributed by atoms with van der Waals surface area (Å²) < 4.78 is 0. The van der Waals surface area contributed by atoms with Crippen LogP contribution in [0.1, 0.15) is 36.8 Å². The molecule has 1 aliphatic carbocycles. The molecule has 4 heteroatoms. The summed E-state index contributed by atoms with van der Waals surface area (Å²) in [5.41, 5.74) is 12.9. The number of hydrogen-bond donors (Lipinski definition) is 2. The molecule has 0 saturated heterocycles. The van der Waals surface area contributed by atoms with E-state index in [9.17, 15) is 9.59 Å². The lowest BCUT2D eigenvalue weighted by Gasteiger charge is -2.23. The molecule has 0 atom stereocenters. The van der Waals surface area contributed by atoms with Crippen molar-refractivity contribution in [3.05, 3.63) is 35.4 Å². The van der Waals surface area contributed by atoms with E-state index < -0.39 is 0 Å². The van der Waals surface area contributed by atoms with Gasteiger partial charge in [0.2, 0.25) is 11.8 Å². The Labute approximate surface area is 120 Å². The van der Waals surface area contributed by atoms with Gasteiger partial charge in [-0.15, -0.1) is 0 Å². The first-order valence-corrected chi connectivity index (χ1v) is 7.02. The first-order chi connectivity index (χ1) is 9.40. The topological polar surface area (TPSA) is 86.2 Å². The molecule has 20 heavy (non-hydrogen) atoms. The minimum Gasteiger partial charge on any atom is -0.369 e. The van der Waals surface area contributed by atoms with Gasteiger partial charge in [0.25, 0.3) is 0 Å². The summed E-state index contributed by atoms with van der Waals surface area (Å²) >= 11 is 0. The van der Waals surface area contributed by atoms with Crippen molar-refractivity contribution in [2.45, 2.75) is 39.5 Å². The van der Waals surface area contributed by atoms with Crippen molar-refractivity contribution in [3.63, 3.8) is 0 Å². The molecule has 0 bridgehead atoms. The Morgan fingerprint density at radius 2 is 1.05 bits per heavy atom. The quantitative estimate of drug-likeness (QED) is 0.866. The fourth-order valence-electron chi connectivity index (χ4n) is 2.30. The van der Waals surface area contributed by atoms with Crippen LogP contribution in [0.25, 0.3) is 0 Å². The minimum absolute atomic E-state index is 0.0411. The highest BCUT2D eigenvalue weighted by molar-refractivity contribution is 5.79. The van der Waals surface area contributed by atoms with Gasteiger partial charge in [-0.2, -0.15) is 0 Å². The molecule has 1 fully saturated rings. The van der Waals surface area contributed by atoms with E-state index >= 15 is 0 Å². The summed E-state index contributed by atoms with van der Waals surface area (Å²) in [5.74, 6) is -0.586. The van der Waals surface area contributed by atoms with Gasteiger partial charge in [0.1, 0.15) is 0 Å². The molecule has 0 heterocycles. The summed E-state index contributed by atoms with van der Waals surface area (Å²) in [4.78, 5) is 21.5. The summed E-state index contributed by atoms with van der Waals surface area (Å²) in [5, 5.41) is 0. The average Bonchev–Trinajstić information content (AvgIpc) is 2.43. The molecule has 1 aromatic carbocycles. The van der Waals surface area contributed by atoms with Crippen molar-refractivity contribution in [1.82, 2.24) is 0 Å². The Morgan fingerprint density at radius 1 is 0.800 bits per heavy atom. The van der Waals surface area contributed by atoms with Crippen molar-refractivity contribution >= 4 is 11.8 Å². The number of amides is 2. The van der Waals surface area contributed by atoms with Crippen molar-refractivity contribution in [1.29, 1.82) is 0 Å². The lowest BCUT2D eigenvalue weighted by atomic mass is 9.81. The monoisotopic (exact) mass is 276 g/mol. The van der Waals surface area contributed by atoms with Gasteiger partial charge in [0.05, 0.1) is 0 Å². The number of benzene rings is 1. The number of rotatable bonds is 2. The standard InChI is InChI=1S/C8H14N2O2.C8H10/c9-7(11)5-1-2-6(4-3-5)8(10)12;1-7-3-5-8(2)6-4-7/h5-6H,1-4H2,(H2,9,11)(H2,10,12);3-6H,1-2H3. The van der Waals surface area contributed by atoms with Crippen molar-refractivity contribution in [3.8, 4) is 0 Å². The predicted molar refractivity (Wildman–Crippen MR) is 79.8 cm³/mol. The zero-order valence-corrected chi connectivity index (χ0v) is 12.3. The van der Waals surface area contributed by atoms with Crippen LogP contribution in [0.15, 0.2) is 24.3 Å². The third-order valence-corrected chi connectivity index (χ3v) is 3.75. The number of hydrogen-bond acceptors (Lipinski definition) is 2. The molecule has 2 amide bonds. The molecule has 1 aliphatic rings. The van der Waals surface area contributed by atoms with Crippen LogP contribution in [0.2, 0.25) is 0 Å². The van der Waals surface area contributed by atoms with Gasteiger partial charge in [0.15, 0.2) is 0 Å². The Balaban J connectivity index is 0.000000217. The number of primary amides is 2. The third-order valence-electron chi connectivity index (χ3n) is 3.75. The molecule has 0 spiro atoms. The largest absolute Gasteiger partial charge is 0.369 e. The molecule has 0 aliphatic heterocycles. The predicted octanol–water partition coefficient (Wildman–Crippen LogP) is 2.07. The summed E-state index contributed by atoms with van der Waals surface area (Å²) in [6, 6.07) is 8.48. The van der Waals surface area contributed by atoms with Crippen molar-refractivity contribution < 1.29 is 9.59 Å². The SMILES string of the molecule is Cc1ccc(C)cc1.NC(=O)C1CCC(C(N)=O)CC1. The molecule has 110 valence electrons. The van der Waals surface area contributed by atoms with E-state index in [0.717, 1.165) is 0 Å². The van der Waals surface area contributed by atoms with Gasteiger partial charge in [-0.3, -0.25) is 9.59 Å². The van der Waals surface area contributed by atoms with E-state index in [1.807, 2.05) is 0 Å². The lowest BCUT2D eigenvalue weighted by molar-refractivity contribution is -0.127. The molecule has 1 saturated carbocycles. The smallest absolute Gasteiger partial charge is 0.220 e. The number of nitrogens with two attached hydrogens (primary N) is 2. The van der Waals surface area contributed by atoms with Crippen LogP contribution in [-0.2, 0) is 9.59 Å². The number of carbonyl (C=O) groups excluding carboxylic acids is 2. The van der Waals surface area contributed by atoms with Gasteiger partial charge >= 0.3 is 0 Å². The highest BCUT2D eigenvalue weighted by atomic mass is 16.1. The van der Waals surface area contributed by atoms with E-state index in [1.54, 1.807) is 0 Å². The van der Waals surface area contributed by atoms with Crippen LogP contribution < -0.4 is 11.5 Å². The Bertz CT molecular complexity index is 403. The third kappa shape index (κ3) is 5.43. The average molecular weight is 276 g/mol. The number of aryl methyl sites for hydroxylation is 2. The molecule has 1 aromatic rings. The molecule has 0 aromatic heterocycles. The molecular weight excluding hydrogens is 252 g/mol. The molecule has 4 N–H and O–H groups in total. The second kappa shape index (κ2) is 7.68. The zero-order chi connectivity index (χ0) is 15.1. The maximum atomic E-state index is 10.7. The summed E-state index contributed by atoms with van der Waals surface area (Å²) in [7, 11) is 0. The van der Waals surface area contributed by atoms with E-state index in [-0.39, 0.29) is 23.7 Å². The van der Waals surface area contributed by atoms with Gasteiger partial charge in [-0.1, -0.05) is 35.4 Å². The maximum Gasteiger partial charge on any atom is 0.220 e. The zero-order valence-electron chi connectivity index (χ0n) is 12.3. The van der Waals surface area contributed by atoms with Gasteiger partial charge < -0.3 is 11.5 Å². The van der Waals surface area contributed by atoms with Crippen LogP contribution in [0.3, 0.4) is 0 Å². The Morgan fingerprint density at radius 3 is 1.25 bits per heavy atom. The van der Waals surface area contributed by atoms with Crippen LogP contribution in [0.5, 0.6) is 0 Å². The second-order valence-corrected chi connectivity index (χ2v) is 5.51. The molecular formula is C16H24N2O2. The Kier molecular flexibility index (Phi) is 6.22. The van der Waals surface area contributed by atoms with E-state index in [0.29, 0.717) is 25.7 Å². The summed E-state index contributed by atoms with van der Waals surface area (Å²) in [6.07, 6.45) is 2.84. The Hall–Kier alpha value is -1.84. The molecule has 0 radical (unpaired) electrons. The van der Waals surface area contributed by atoms with Crippen LogP contribution in [-0.4, -0.2) is 11.8 Å².